The largest absolute Gasteiger partial charge is 0.325 e. The van der Waals surface area contributed by atoms with E-state index in [1.807, 2.05) is 35.2 Å². The molecule has 3 rings (SSSR count). The van der Waals surface area contributed by atoms with Crippen LogP contribution in [0.1, 0.15) is 19.8 Å². The number of hydrogen-bond donors (Lipinski definition) is 2. The average molecular weight is 284 g/mol. The van der Waals surface area contributed by atoms with Crippen LogP contribution < -0.4 is 5.32 Å². The van der Waals surface area contributed by atoms with Crippen molar-refractivity contribution in [1.82, 2.24) is 15.1 Å². The van der Waals surface area contributed by atoms with E-state index in [-0.39, 0.29) is 6.03 Å². The minimum absolute atomic E-state index is 0.0105. The first kappa shape index (κ1) is 13.7. The molecule has 0 aliphatic carbocycles. The number of aromatic amines is 1. The summed E-state index contributed by atoms with van der Waals surface area (Å²) in [7, 11) is 0. The molecule has 0 atom stereocenters. The van der Waals surface area contributed by atoms with Crippen molar-refractivity contribution < 1.29 is 4.79 Å². The van der Waals surface area contributed by atoms with Crippen LogP contribution in [0.5, 0.6) is 0 Å². The Kier molecular flexibility index (Phi) is 3.90. The van der Waals surface area contributed by atoms with Gasteiger partial charge in [0.1, 0.15) is 0 Å². The van der Waals surface area contributed by atoms with Gasteiger partial charge in [-0.15, -0.1) is 0 Å². The molecule has 21 heavy (non-hydrogen) atoms. The van der Waals surface area contributed by atoms with E-state index >= 15 is 0 Å². The quantitative estimate of drug-likeness (QED) is 0.888. The molecule has 2 N–H and O–H groups in total. The van der Waals surface area contributed by atoms with Gasteiger partial charge in [0.05, 0.1) is 5.69 Å². The number of nitrogens with one attached hydrogen (secondary N) is 2. The fourth-order valence-electron chi connectivity index (χ4n) is 2.60. The Morgan fingerprint density at radius 2 is 2.14 bits per heavy atom. The normalized spacial score (nSPS) is 16.0. The maximum Gasteiger partial charge on any atom is 0.321 e. The molecule has 0 radical (unpaired) electrons. The first-order chi connectivity index (χ1) is 10.2. The number of carbonyl (C=O) groups is 1. The van der Waals surface area contributed by atoms with E-state index in [1.54, 1.807) is 6.20 Å². The summed E-state index contributed by atoms with van der Waals surface area (Å²) in [5.41, 5.74) is 2.76. The highest BCUT2D eigenvalue weighted by Crippen LogP contribution is 2.21. The smallest absolute Gasteiger partial charge is 0.321 e. The van der Waals surface area contributed by atoms with Crippen molar-refractivity contribution in [2.75, 3.05) is 18.4 Å². The Morgan fingerprint density at radius 1 is 1.33 bits per heavy atom. The van der Waals surface area contributed by atoms with Gasteiger partial charge in [0, 0.05) is 30.5 Å². The zero-order valence-corrected chi connectivity index (χ0v) is 12.2. The number of carbonyl (C=O) groups excluding carboxylic acids is 1. The average Bonchev–Trinajstić information content (AvgIpc) is 3.02. The Balaban J connectivity index is 1.67. The van der Waals surface area contributed by atoms with E-state index in [0.717, 1.165) is 48.8 Å². The van der Waals surface area contributed by atoms with Crippen LogP contribution in [0.3, 0.4) is 0 Å². The molecular formula is C16H20N4O. The molecule has 5 heteroatoms. The highest BCUT2D eigenvalue weighted by molar-refractivity contribution is 5.90. The zero-order chi connectivity index (χ0) is 14.7. The number of rotatable bonds is 2. The second-order valence-corrected chi connectivity index (χ2v) is 5.65. The number of amides is 2. The van der Waals surface area contributed by atoms with Crippen LogP contribution in [-0.4, -0.2) is 34.2 Å². The molecule has 1 aliphatic rings. The summed E-state index contributed by atoms with van der Waals surface area (Å²) in [6.07, 6.45) is 3.89. The third kappa shape index (κ3) is 3.24. The molecule has 1 saturated heterocycles. The number of likely N-dealkylation sites (tertiary alicyclic amines) is 1. The predicted molar refractivity (Wildman–Crippen MR) is 83.0 cm³/mol. The lowest BCUT2D eigenvalue weighted by Crippen LogP contribution is -2.40. The second kappa shape index (κ2) is 5.99. The number of hydrogen-bond acceptors (Lipinski definition) is 2. The molecule has 2 aromatic rings. The van der Waals surface area contributed by atoms with Crippen LogP contribution in [0, 0.1) is 5.92 Å². The molecule has 2 amide bonds. The number of anilines is 1. The van der Waals surface area contributed by atoms with Crippen LogP contribution in [0.15, 0.2) is 36.5 Å². The minimum atomic E-state index is -0.0105. The van der Waals surface area contributed by atoms with Gasteiger partial charge >= 0.3 is 6.03 Å². The molecule has 2 heterocycles. The van der Waals surface area contributed by atoms with Crippen molar-refractivity contribution in [2.45, 2.75) is 19.8 Å². The lowest BCUT2D eigenvalue weighted by Gasteiger charge is -2.30. The number of H-pyrrole nitrogens is 1. The summed E-state index contributed by atoms with van der Waals surface area (Å²) in [4.78, 5) is 14.2. The van der Waals surface area contributed by atoms with Crippen LogP contribution >= 0.6 is 0 Å². The van der Waals surface area contributed by atoms with Crippen molar-refractivity contribution in [2.24, 2.45) is 5.92 Å². The number of aromatic nitrogens is 2. The van der Waals surface area contributed by atoms with Gasteiger partial charge in [0.25, 0.3) is 0 Å². The molecule has 5 nitrogen and oxygen atoms in total. The van der Waals surface area contributed by atoms with E-state index in [0.29, 0.717) is 0 Å². The third-order valence-corrected chi connectivity index (χ3v) is 4.00. The summed E-state index contributed by atoms with van der Waals surface area (Å²) >= 11 is 0. The Bertz CT molecular complexity index is 600. The van der Waals surface area contributed by atoms with Crippen molar-refractivity contribution in [3.05, 3.63) is 36.5 Å². The Labute approximate surface area is 124 Å². The molecule has 0 unspecified atom stereocenters. The third-order valence-electron chi connectivity index (χ3n) is 4.00. The molecule has 0 saturated carbocycles. The van der Waals surface area contributed by atoms with Crippen molar-refractivity contribution in [3.63, 3.8) is 0 Å². The van der Waals surface area contributed by atoms with E-state index in [1.165, 1.54) is 0 Å². The molecule has 0 spiro atoms. The van der Waals surface area contributed by atoms with E-state index in [9.17, 15) is 4.79 Å². The molecule has 1 aromatic heterocycles. The predicted octanol–water partition coefficient (Wildman–Crippen LogP) is 3.34. The summed E-state index contributed by atoms with van der Waals surface area (Å²) in [5.74, 6) is 0.720. The molecule has 1 aromatic carbocycles. The van der Waals surface area contributed by atoms with E-state index < -0.39 is 0 Å². The van der Waals surface area contributed by atoms with Gasteiger partial charge in [-0.05, 0) is 37.0 Å². The fraction of sp³-hybridized carbons (Fsp3) is 0.375. The number of nitrogens with zero attached hydrogens (tertiary/aromatic N) is 2. The standard InChI is InChI=1S/C16H20N4O/c1-12-6-9-20(10-7-12)16(21)18-14-4-2-3-13(11-14)15-5-8-17-19-15/h2-5,8,11-12H,6-7,9-10H2,1H3,(H,17,19)(H,18,21). The van der Waals surface area contributed by atoms with Crippen LogP contribution in [0.4, 0.5) is 10.5 Å². The molecule has 1 fully saturated rings. The second-order valence-electron chi connectivity index (χ2n) is 5.65. The van der Waals surface area contributed by atoms with Gasteiger partial charge in [-0.25, -0.2) is 4.79 Å². The van der Waals surface area contributed by atoms with Gasteiger partial charge in [-0.2, -0.15) is 5.10 Å². The van der Waals surface area contributed by atoms with Crippen molar-refractivity contribution >= 4 is 11.7 Å². The molecule has 110 valence electrons. The van der Waals surface area contributed by atoms with Crippen molar-refractivity contribution in [3.8, 4) is 11.3 Å². The maximum atomic E-state index is 12.3. The monoisotopic (exact) mass is 284 g/mol. The fourth-order valence-corrected chi connectivity index (χ4v) is 2.60. The van der Waals surface area contributed by atoms with Gasteiger partial charge in [-0.1, -0.05) is 19.1 Å². The van der Waals surface area contributed by atoms with Gasteiger partial charge in [-0.3, -0.25) is 5.10 Å². The SMILES string of the molecule is CC1CCN(C(=O)Nc2cccc(-c3ccn[nH]3)c2)CC1. The van der Waals surface area contributed by atoms with Crippen LogP contribution in [0.25, 0.3) is 11.3 Å². The lowest BCUT2D eigenvalue weighted by molar-refractivity contribution is 0.186. The van der Waals surface area contributed by atoms with Crippen molar-refractivity contribution in [1.29, 1.82) is 0 Å². The molecule has 1 aliphatic heterocycles. The highest BCUT2D eigenvalue weighted by Gasteiger charge is 2.20. The zero-order valence-electron chi connectivity index (χ0n) is 12.2. The number of piperidine rings is 1. The van der Waals surface area contributed by atoms with Crippen LogP contribution in [0.2, 0.25) is 0 Å². The molecule has 0 bridgehead atoms. The lowest BCUT2D eigenvalue weighted by atomic mass is 10.00. The highest BCUT2D eigenvalue weighted by atomic mass is 16.2. The first-order valence-electron chi connectivity index (χ1n) is 7.38. The number of benzene rings is 1. The summed E-state index contributed by atoms with van der Waals surface area (Å²) in [6, 6.07) is 9.69. The number of urea groups is 1. The molecular weight excluding hydrogens is 264 g/mol. The van der Waals surface area contributed by atoms with Gasteiger partial charge in [0.15, 0.2) is 0 Å². The van der Waals surface area contributed by atoms with E-state index in [2.05, 4.69) is 22.4 Å². The first-order valence-corrected chi connectivity index (χ1v) is 7.38. The van der Waals surface area contributed by atoms with Gasteiger partial charge < -0.3 is 10.2 Å². The Hall–Kier alpha value is -2.30. The summed E-state index contributed by atoms with van der Waals surface area (Å²) < 4.78 is 0. The van der Waals surface area contributed by atoms with Crippen LogP contribution in [-0.2, 0) is 0 Å². The van der Waals surface area contributed by atoms with E-state index in [4.69, 9.17) is 0 Å². The van der Waals surface area contributed by atoms with Gasteiger partial charge in [0.2, 0.25) is 0 Å². The topological polar surface area (TPSA) is 61.0 Å². The summed E-state index contributed by atoms with van der Waals surface area (Å²) in [6.45, 7) is 3.92. The minimum Gasteiger partial charge on any atom is -0.325 e. The maximum absolute atomic E-state index is 12.3. The Morgan fingerprint density at radius 3 is 2.86 bits per heavy atom. The summed E-state index contributed by atoms with van der Waals surface area (Å²) in [5, 5.41) is 9.86.